The minimum atomic E-state index is 0. The van der Waals surface area contributed by atoms with E-state index in [0.717, 1.165) is 84.3 Å². The molecule has 0 aromatic heterocycles. The molecule has 2 aliphatic rings. The number of guanidine groups is 1. The lowest BCUT2D eigenvalue weighted by Gasteiger charge is -2.24. The van der Waals surface area contributed by atoms with Crippen LogP contribution >= 0.6 is 24.0 Å². The Morgan fingerprint density at radius 3 is 2.62 bits per heavy atom. The number of ether oxygens (including phenoxy) is 3. The zero-order chi connectivity index (χ0) is 16.3. The van der Waals surface area contributed by atoms with Crippen LogP contribution in [0.5, 0.6) is 0 Å². The lowest BCUT2D eigenvalue weighted by atomic mass is 10.1. The van der Waals surface area contributed by atoms with Gasteiger partial charge in [-0.1, -0.05) is 0 Å². The Balaban J connectivity index is 0.00000288. The Bertz CT molecular complexity index is 346. The van der Waals surface area contributed by atoms with Crippen LogP contribution in [-0.2, 0) is 14.2 Å². The van der Waals surface area contributed by atoms with E-state index < -0.39 is 0 Å². The van der Waals surface area contributed by atoms with Crippen molar-refractivity contribution < 1.29 is 14.2 Å². The van der Waals surface area contributed by atoms with Gasteiger partial charge in [-0.15, -0.1) is 24.0 Å². The number of hydrogen-bond donors (Lipinski definition) is 1. The van der Waals surface area contributed by atoms with Gasteiger partial charge in [0.2, 0.25) is 0 Å². The van der Waals surface area contributed by atoms with Crippen LogP contribution in [0.4, 0.5) is 0 Å². The van der Waals surface area contributed by atoms with Gasteiger partial charge < -0.3 is 24.4 Å². The standard InChI is InChI=1S/C17H33N3O3.HI/c1-3-18-17(20(2)13-15-5-10-22-14-15)19-8-4-9-23-16-6-11-21-12-7-16;/h15-16H,3-14H2,1-2H3,(H,18,19);1H. The van der Waals surface area contributed by atoms with E-state index in [2.05, 4.69) is 24.2 Å². The van der Waals surface area contributed by atoms with Gasteiger partial charge in [-0.2, -0.15) is 0 Å². The van der Waals surface area contributed by atoms with Crippen LogP contribution in [0.3, 0.4) is 0 Å². The van der Waals surface area contributed by atoms with Gasteiger partial charge >= 0.3 is 0 Å². The first kappa shape index (κ1) is 21.9. The number of halogens is 1. The summed E-state index contributed by atoms with van der Waals surface area (Å²) in [6.45, 7) is 9.04. The van der Waals surface area contributed by atoms with Crippen LogP contribution in [0.15, 0.2) is 4.99 Å². The minimum Gasteiger partial charge on any atom is -0.381 e. The molecule has 1 unspecified atom stereocenters. The van der Waals surface area contributed by atoms with Crippen LogP contribution in [0.25, 0.3) is 0 Å². The third kappa shape index (κ3) is 8.31. The summed E-state index contributed by atoms with van der Waals surface area (Å²) >= 11 is 0. The van der Waals surface area contributed by atoms with Crippen LogP contribution < -0.4 is 5.32 Å². The lowest BCUT2D eigenvalue weighted by Crippen LogP contribution is -2.41. The molecule has 0 bridgehead atoms. The molecule has 2 rings (SSSR count). The van der Waals surface area contributed by atoms with Gasteiger partial charge in [-0.25, -0.2) is 0 Å². The minimum absolute atomic E-state index is 0. The van der Waals surface area contributed by atoms with E-state index in [1.54, 1.807) is 0 Å². The van der Waals surface area contributed by atoms with E-state index in [1.807, 2.05) is 0 Å². The van der Waals surface area contributed by atoms with Gasteiger partial charge in [0.15, 0.2) is 5.96 Å². The van der Waals surface area contributed by atoms with E-state index in [0.29, 0.717) is 12.0 Å². The van der Waals surface area contributed by atoms with E-state index in [9.17, 15) is 0 Å². The Hall–Kier alpha value is -0.120. The van der Waals surface area contributed by atoms with Gasteiger partial charge in [0, 0.05) is 59.0 Å². The largest absolute Gasteiger partial charge is 0.381 e. The summed E-state index contributed by atoms with van der Waals surface area (Å²) in [5, 5.41) is 3.37. The molecule has 2 fully saturated rings. The fourth-order valence-corrected chi connectivity index (χ4v) is 3.01. The normalized spacial score (nSPS) is 22.2. The molecule has 6 nitrogen and oxygen atoms in total. The van der Waals surface area contributed by atoms with Gasteiger partial charge in [-0.3, -0.25) is 4.99 Å². The molecule has 2 aliphatic heterocycles. The highest BCUT2D eigenvalue weighted by Crippen LogP contribution is 2.13. The van der Waals surface area contributed by atoms with Crippen LogP contribution in [0, 0.1) is 5.92 Å². The molecule has 0 spiro atoms. The fourth-order valence-electron chi connectivity index (χ4n) is 3.01. The van der Waals surface area contributed by atoms with Crippen LogP contribution in [0.2, 0.25) is 0 Å². The SMILES string of the molecule is CCNC(=NCCCOC1CCOCC1)N(C)CC1CCOC1.I. The predicted octanol–water partition coefficient (Wildman–Crippen LogP) is 2.12. The summed E-state index contributed by atoms with van der Waals surface area (Å²) < 4.78 is 16.7. The molecule has 24 heavy (non-hydrogen) atoms. The number of aliphatic imine (C=N–C) groups is 1. The predicted molar refractivity (Wildman–Crippen MR) is 107 cm³/mol. The van der Waals surface area contributed by atoms with E-state index in [1.165, 1.54) is 0 Å². The molecule has 0 aliphatic carbocycles. The zero-order valence-electron chi connectivity index (χ0n) is 15.2. The second-order valence-corrected chi connectivity index (χ2v) is 6.38. The van der Waals surface area contributed by atoms with Gasteiger partial charge in [-0.05, 0) is 32.6 Å². The maximum absolute atomic E-state index is 5.89. The second-order valence-electron chi connectivity index (χ2n) is 6.38. The van der Waals surface area contributed by atoms with E-state index in [4.69, 9.17) is 19.2 Å². The molecule has 0 aromatic carbocycles. The highest BCUT2D eigenvalue weighted by molar-refractivity contribution is 14.0. The fraction of sp³-hybridized carbons (Fsp3) is 0.941. The lowest BCUT2D eigenvalue weighted by molar-refractivity contribution is -0.0318. The van der Waals surface area contributed by atoms with Crippen molar-refractivity contribution in [1.82, 2.24) is 10.2 Å². The number of nitrogens with one attached hydrogen (secondary N) is 1. The topological polar surface area (TPSA) is 55.3 Å². The molecule has 0 aromatic rings. The summed E-state index contributed by atoms with van der Waals surface area (Å²) in [5.41, 5.74) is 0. The number of rotatable bonds is 8. The molecule has 7 heteroatoms. The summed E-state index contributed by atoms with van der Waals surface area (Å²) in [4.78, 5) is 6.95. The summed E-state index contributed by atoms with van der Waals surface area (Å²) in [6.07, 6.45) is 4.55. The van der Waals surface area contributed by atoms with Crippen molar-refractivity contribution in [3.05, 3.63) is 0 Å². The van der Waals surface area contributed by atoms with Crippen molar-refractivity contribution in [3.63, 3.8) is 0 Å². The van der Waals surface area contributed by atoms with Crippen molar-refractivity contribution >= 4 is 29.9 Å². The third-order valence-electron chi connectivity index (χ3n) is 4.34. The first-order chi connectivity index (χ1) is 11.3. The van der Waals surface area contributed by atoms with Crippen molar-refractivity contribution in [2.75, 3.05) is 59.7 Å². The van der Waals surface area contributed by atoms with E-state index >= 15 is 0 Å². The molecule has 142 valence electrons. The first-order valence-electron chi connectivity index (χ1n) is 9.06. The molecule has 0 amide bonds. The van der Waals surface area contributed by atoms with Crippen LogP contribution in [-0.4, -0.2) is 76.7 Å². The molecule has 2 saturated heterocycles. The molecular weight excluding hydrogens is 421 g/mol. The first-order valence-corrected chi connectivity index (χ1v) is 9.06. The average Bonchev–Trinajstić information content (AvgIpc) is 3.07. The Morgan fingerprint density at radius 2 is 1.96 bits per heavy atom. The zero-order valence-corrected chi connectivity index (χ0v) is 17.5. The summed E-state index contributed by atoms with van der Waals surface area (Å²) in [7, 11) is 2.11. The van der Waals surface area contributed by atoms with Gasteiger partial charge in [0.05, 0.1) is 12.7 Å². The van der Waals surface area contributed by atoms with Crippen molar-refractivity contribution in [2.24, 2.45) is 10.9 Å². The van der Waals surface area contributed by atoms with E-state index in [-0.39, 0.29) is 24.0 Å². The highest BCUT2D eigenvalue weighted by atomic mass is 127. The maximum atomic E-state index is 5.89. The Morgan fingerprint density at radius 1 is 1.21 bits per heavy atom. The quantitative estimate of drug-likeness (QED) is 0.263. The average molecular weight is 455 g/mol. The molecule has 2 heterocycles. The Kier molecular flexibility index (Phi) is 12.0. The van der Waals surface area contributed by atoms with Gasteiger partial charge in [0.1, 0.15) is 0 Å². The Labute approximate surface area is 163 Å². The molecule has 0 radical (unpaired) electrons. The second kappa shape index (κ2) is 13.1. The summed E-state index contributed by atoms with van der Waals surface area (Å²) in [6, 6.07) is 0. The van der Waals surface area contributed by atoms with Crippen molar-refractivity contribution in [2.45, 2.75) is 38.7 Å². The molecular formula is C17H34IN3O3. The number of nitrogens with zero attached hydrogens (tertiary/aromatic N) is 2. The number of hydrogen-bond acceptors (Lipinski definition) is 4. The van der Waals surface area contributed by atoms with Gasteiger partial charge in [0.25, 0.3) is 0 Å². The molecule has 1 N–H and O–H groups in total. The summed E-state index contributed by atoms with van der Waals surface area (Å²) in [5.74, 6) is 1.62. The maximum Gasteiger partial charge on any atom is 0.193 e. The van der Waals surface area contributed by atoms with Crippen LogP contribution in [0.1, 0.15) is 32.6 Å². The molecule has 1 atom stereocenters. The smallest absolute Gasteiger partial charge is 0.193 e. The van der Waals surface area contributed by atoms with Crippen molar-refractivity contribution in [1.29, 1.82) is 0 Å². The highest BCUT2D eigenvalue weighted by Gasteiger charge is 2.19. The molecule has 0 saturated carbocycles. The van der Waals surface area contributed by atoms with Crippen molar-refractivity contribution in [3.8, 4) is 0 Å². The monoisotopic (exact) mass is 455 g/mol. The third-order valence-corrected chi connectivity index (χ3v) is 4.34.